The Hall–Kier alpha value is -3.07. The van der Waals surface area contributed by atoms with Gasteiger partial charge in [0.05, 0.1) is 15.6 Å². The van der Waals surface area contributed by atoms with Gasteiger partial charge in [-0.15, -0.1) is 0 Å². The van der Waals surface area contributed by atoms with Crippen molar-refractivity contribution in [3.05, 3.63) is 74.1 Å². The molecule has 0 spiro atoms. The molecule has 0 radical (unpaired) electrons. The van der Waals surface area contributed by atoms with E-state index in [9.17, 15) is 14.4 Å². The highest BCUT2D eigenvalue weighted by atomic mass is 35.5. The minimum absolute atomic E-state index is 0.0693. The van der Waals surface area contributed by atoms with Crippen molar-refractivity contribution in [3.63, 3.8) is 0 Å². The summed E-state index contributed by atoms with van der Waals surface area (Å²) in [4.78, 5) is 41.6. The van der Waals surface area contributed by atoms with Crippen LogP contribution in [0.15, 0.2) is 47.4 Å². The monoisotopic (exact) mass is 530 g/mol. The number of halogens is 2. The molecular formula is C26H28Cl2N4O4. The van der Waals surface area contributed by atoms with Gasteiger partial charge in [-0.2, -0.15) is 0 Å². The highest BCUT2D eigenvalue weighted by Crippen LogP contribution is 2.34. The number of H-pyrrole nitrogens is 1. The molecule has 3 aromatic rings. The van der Waals surface area contributed by atoms with Crippen molar-refractivity contribution in [3.8, 4) is 5.75 Å². The van der Waals surface area contributed by atoms with Crippen LogP contribution in [-0.2, 0) is 0 Å². The number of carbonyl (C=O) groups is 2. The lowest BCUT2D eigenvalue weighted by Crippen LogP contribution is -2.42. The van der Waals surface area contributed by atoms with Gasteiger partial charge in [0.15, 0.2) is 0 Å². The number of ether oxygens (including phenoxy) is 1. The number of hydrogen-bond acceptors (Lipinski definition) is 5. The van der Waals surface area contributed by atoms with Gasteiger partial charge < -0.3 is 25.7 Å². The summed E-state index contributed by atoms with van der Waals surface area (Å²) < 4.78 is 6.06. The van der Waals surface area contributed by atoms with Crippen molar-refractivity contribution in [2.24, 2.45) is 11.7 Å². The molecular weight excluding hydrogens is 503 g/mol. The number of carbonyl (C=O) groups excluding carboxylic acids is 2. The molecule has 0 unspecified atom stereocenters. The van der Waals surface area contributed by atoms with Crippen LogP contribution in [0.3, 0.4) is 0 Å². The SMILES string of the molecule is C[C@H](CNC(=O)c1c[nH]c(=O)c2ccccc12)CN1CCC(Oc2ccc(Cl)c(Cl)c2C(N)=O)CC1. The predicted molar refractivity (Wildman–Crippen MR) is 141 cm³/mol. The fourth-order valence-corrected chi connectivity index (χ4v) is 4.92. The van der Waals surface area contributed by atoms with Gasteiger partial charge in [-0.25, -0.2) is 0 Å². The van der Waals surface area contributed by atoms with Crippen LogP contribution in [0, 0.1) is 5.92 Å². The Morgan fingerprint density at radius 2 is 1.86 bits per heavy atom. The molecule has 10 heteroatoms. The molecule has 2 amide bonds. The maximum Gasteiger partial charge on any atom is 0.255 e. The third-order valence-corrected chi connectivity index (χ3v) is 7.17. The van der Waals surface area contributed by atoms with E-state index < -0.39 is 5.91 Å². The summed E-state index contributed by atoms with van der Waals surface area (Å²) in [6, 6.07) is 10.3. The van der Waals surface area contributed by atoms with Crippen LogP contribution in [0.4, 0.5) is 0 Å². The van der Waals surface area contributed by atoms with E-state index in [2.05, 4.69) is 22.1 Å². The second-order valence-electron chi connectivity index (χ2n) is 9.11. The Morgan fingerprint density at radius 1 is 1.17 bits per heavy atom. The Balaban J connectivity index is 1.27. The van der Waals surface area contributed by atoms with Crippen molar-refractivity contribution in [2.75, 3.05) is 26.2 Å². The summed E-state index contributed by atoms with van der Waals surface area (Å²) >= 11 is 12.2. The van der Waals surface area contributed by atoms with Gasteiger partial charge in [0, 0.05) is 43.1 Å². The number of piperidine rings is 1. The number of nitrogens with two attached hydrogens (primary N) is 1. The van der Waals surface area contributed by atoms with E-state index in [0.29, 0.717) is 28.6 Å². The summed E-state index contributed by atoms with van der Waals surface area (Å²) in [5.41, 5.74) is 5.81. The van der Waals surface area contributed by atoms with Gasteiger partial charge in [-0.1, -0.05) is 48.3 Å². The number of benzene rings is 2. The standard InChI is InChI=1S/C26H28Cl2N4O4/c1-15(12-30-26(35)19-13-31-25(34)18-5-3-2-4-17(18)19)14-32-10-8-16(9-11-32)36-21-7-6-20(27)23(28)22(21)24(29)33/h2-7,13,15-16H,8-12,14H2,1H3,(H2,29,33)(H,30,35)(H,31,34)/t15-/m1/s1. The lowest BCUT2D eigenvalue weighted by molar-refractivity contribution is 0.0870. The number of likely N-dealkylation sites (tertiary alicyclic amines) is 1. The quantitative estimate of drug-likeness (QED) is 0.408. The molecule has 1 fully saturated rings. The number of nitrogens with zero attached hydrogens (tertiary/aromatic N) is 1. The largest absolute Gasteiger partial charge is 0.489 e. The Bertz CT molecular complexity index is 1340. The molecule has 0 saturated carbocycles. The van der Waals surface area contributed by atoms with Crippen molar-refractivity contribution < 1.29 is 14.3 Å². The molecule has 1 aromatic heterocycles. The van der Waals surface area contributed by atoms with Crippen LogP contribution < -0.4 is 21.3 Å². The van der Waals surface area contributed by atoms with Crippen molar-refractivity contribution in [1.82, 2.24) is 15.2 Å². The van der Waals surface area contributed by atoms with Gasteiger partial charge in [0.25, 0.3) is 17.4 Å². The third-order valence-electron chi connectivity index (χ3n) is 6.37. The lowest BCUT2D eigenvalue weighted by Gasteiger charge is -2.34. The number of rotatable bonds is 8. The van der Waals surface area contributed by atoms with Crippen molar-refractivity contribution in [1.29, 1.82) is 0 Å². The van der Waals surface area contributed by atoms with Crippen LogP contribution in [0.25, 0.3) is 10.8 Å². The number of aromatic amines is 1. The minimum Gasteiger partial charge on any atom is -0.489 e. The highest BCUT2D eigenvalue weighted by Gasteiger charge is 2.25. The zero-order chi connectivity index (χ0) is 25.8. The number of hydrogen-bond donors (Lipinski definition) is 3. The van der Waals surface area contributed by atoms with Crippen molar-refractivity contribution >= 4 is 45.8 Å². The second-order valence-corrected chi connectivity index (χ2v) is 9.89. The predicted octanol–water partition coefficient (Wildman–Crippen LogP) is 3.84. The van der Waals surface area contributed by atoms with E-state index in [1.54, 1.807) is 30.3 Å². The van der Waals surface area contributed by atoms with Crippen LogP contribution in [0.1, 0.15) is 40.5 Å². The van der Waals surface area contributed by atoms with E-state index in [1.807, 2.05) is 6.07 Å². The Kier molecular flexibility index (Phi) is 8.18. The molecule has 1 aliphatic heterocycles. The average Bonchev–Trinajstić information content (AvgIpc) is 2.86. The molecule has 4 N–H and O–H groups in total. The first-order chi connectivity index (χ1) is 17.2. The summed E-state index contributed by atoms with van der Waals surface area (Å²) in [5, 5.41) is 4.47. The Labute approximate surface area is 218 Å². The van der Waals surface area contributed by atoms with Gasteiger partial charge in [-0.3, -0.25) is 14.4 Å². The minimum atomic E-state index is -0.680. The average molecular weight is 531 g/mol. The summed E-state index contributed by atoms with van der Waals surface area (Å²) in [5.74, 6) is -0.327. The first-order valence-corrected chi connectivity index (χ1v) is 12.6. The van der Waals surface area contributed by atoms with Gasteiger partial charge >= 0.3 is 0 Å². The molecule has 190 valence electrons. The number of primary amides is 1. The maximum absolute atomic E-state index is 12.8. The van der Waals surface area contributed by atoms with Gasteiger partial charge in [0.1, 0.15) is 17.4 Å². The molecule has 1 aliphatic rings. The molecule has 0 bridgehead atoms. The van der Waals surface area contributed by atoms with E-state index in [4.69, 9.17) is 33.7 Å². The fourth-order valence-electron chi connectivity index (χ4n) is 4.51. The second kappa shape index (κ2) is 11.3. The molecule has 4 rings (SSSR count). The van der Waals surface area contributed by atoms with Gasteiger partial charge in [-0.05, 0) is 37.0 Å². The van der Waals surface area contributed by atoms with E-state index >= 15 is 0 Å². The third kappa shape index (κ3) is 5.83. The first-order valence-electron chi connectivity index (χ1n) is 11.8. The molecule has 2 heterocycles. The highest BCUT2D eigenvalue weighted by molar-refractivity contribution is 6.44. The van der Waals surface area contributed by atoms with E-state index in [0.717, 1.165) is 32.5 Å². The van der Waals surface area contributed by atoms with Crippen LogP contribution in [0.2, 0.25) is 10.0 Å². The number of amides is 2. The number of pyridine rings is 1. The maximum atomic E-state index is 12.8. The van der Waals surface area contributed by atoms with E-state index in [1.165, 1.54) is 6.20 Å². The molecule has 1 atom stereocenters. The summed E-state index contributed by atoms with van der Waals surface area (Å²) in [6.07, 6.45) is 2.95. The van der Waals surface area contributed by atoms with Crippen LogP contribution in [0.5, 0.6) is 5.75 Å². The number of nitrogens with one attached hydrogen (secondary N) is 2. The fraction of sp³-hybridized carbons (Fsp3) is 0.346. The zero-order valence-corrected chi connectivity index (χ0v) is 21.4. The lowest BCUT2D eigenvalue weighted by atomic mass is 10.0. The van der Waals surface area contributed by atoms with Crippen LogP contribution in [-0.4, -0.2) is 54.0 Å². The Morgan fingerprint density at radius 3 is 2.56 bits per heavy atom. The summed E-state index contributed by atoms with van der Waals surface area (Å²) in [6.45, 7) is 5.05. The first kappa shape index (κ1) is 26.0. The van der Waals surface area contributed by atoms with Crippen LogP contribution >= 0.6 is 23.2 Å². The normalized spacial score (nSPS) is 15.5. The zero-order valence-electron chi connectivity index (χ0n) is 19.9. The van der Waals surface area contributed by atoms with Gasteiger partial charge in [0.2, 0.25) is 0 Å². The molecule has 2 aromatic carbocycles. The molecule has 8 nitrogen and oxygen atoms in total. The molecule has 36 heavy (non-hydrogen) atoms. The summed E-state index contributed by atoms with van der Waals surface area (Å²) in [7, 11) is 0. The van der Waals surface area contributed by atoms with Crippen molar-refractivity contribution in [2.45, 2.75) is 25.9 Å². The topological polar surface area (TPSA) is 118 Å². The smallest absolute Gasteiger partial charge is 0.255 e. The molecule has 0 aliphatic carbocycles. The number of aromatic nitrogens is 1. The number of fused-ring (bicyclic) bond motifs is 1. The molecule has 1 saturated heterocycles. The van der Waals surface area contributed by atoms with E-state index in [-0.39, 0.29) is 39.1 Å².